The van der Waals surface area contributed by atoms with Gasteiger partial charge in [-0.2, -0.15) is 0 Å². The summed E-state index contributed by atoms with van der Waals surface area (Å²) in [6, 6.07) is 0. The SMILES string of the molecule is CC\C=C/C=C\C=C/C=C\CCCCCCCC(=O)OC(COC(=O)CCCCCCCCC\C=C/C=C\C=C/CC)COC(=O)CCCCCCCCC/C=C\CCCCCCCC. The molecule has 0 spiro atoms. The van der Waals surface area contributed by atoms with Gasteiger partial charge in [-0.1, -0.05) is 234 Å². The van der Waals surface area contributed by atoms with E-state index in [4.69, 9.17) is 14.2 Å². The van der Waals surface area contributed by atoms with Crippen molar-refractivity contribution in [1.82, 2.24) is 0 Å². The maximum Gasteiger partial charge on any atom is 0.306 e. The summed E-state index contributed by atoms with van der Waals surface area (Å²) < 4.78 is 16.8. The van der Waals surface area contributed by atoms with Gasteiger partial charge in [0.15, 0.2) is 6.10 Å². The molecule has 0 aromatic carbocycles. The second kappa shape index (κ2) is 52.9. The third-order valence-electron chi connectivity index (χ3n) is 11.2. The van der Waals surface area contributed by atoms with E-state index in [2.05, 4.69) is 99.8 Å². The summed E-state index contributed by atoms with van der Waals surface area (Å²) in [4.78, 5) is 38.1. The molecule has 0 heterocycles. The van der Waals surface area contributed by atoms with Gasteiger partial charge in [0, 0.05) is 19.3 Å². The summed E-state index contributed by atoms with van der Waals surface area (Å²) in [5.41, 5.74) is 0. The molecular weight excluding hydrogens is 805 g/mol. The summed E-state index contributed by atoms with van der Waals surface area (Å²) >= 11 is 0. The van der Waals surface area contributed by atoms with Crippen molar-refractivity contribution in [1.29, 1.82) is 0 Å². The van der Waals surface area contributed by atoms with Gasteiger partial charge in [0.2, 0.25) is 0 Å². The van der Waals surface area contributed by atoms with E-state index in [1.54, 1.807) is 0 Å². The lowest BCUT2D eigenvalue weighted by atomic mass is 10.1. The van der Waals surface area contributed by atoms with Gasteiger partial charge in [-0.25, -0.2) is 0 Å². The Kier molecular flexibility index (Phi) is 50.0. The predicted octanol–water partition coefficient (Wildman–Crippen LogP) is 17.8. The number of hydrogen-bond acceptors (Lipinski definition) is 6. The molecule has 370 valence electrons. The first-order valence-electron chi connectivity index (χ1n) is 26.8. The van der Waals surface area contributed by atoms with Crippen LogP contribution in [0.5, 0.6) is 0 Å². The van der Waals surface area contributed by atoms with Crippen molar-refractivity contribution < 1.29 is 28.6 Å². The monoisotopic (exact) mass is 903 g/mol. The fourth-order valence-electron chi connectivity index (χ4n) is 7.21. The van der Waals surface area contributed by atoms with Crippen molar-refractivity contribution in [2.24, 2.45) is 0 Å². The second-order valence-corrected chi connectivity index (χ2v) is 17.5. The quantitative estimate of drug-likeness (QED) is 0.0199. The minimum absolute atomic E-state index is 0.0943. The summed E-state index contributed by atoms with van der Waals surface area (Å²) in [6.07, 6.45) is 69.6. The Hall–Kier alpha value is -3.67. The Morgan fingerprint density at radius 3 is 0.985 bits per heavy atom. The van der Waals surface area contributed by atoms with Crippen LogP contribution in [-0.4, -0.2) is 37.2 Å². The van der Waals surface area contributed by atoms with E-state index < -0.39 is 6.10 Å². The van der Waals surface area contributed by atoms with Gasteiger partial charge in [0.05, 0.1) is 0 Å². The summed E-state index contributed by atoms with van der Waals surface area (Å²) in [5.74, 6) is -0.935. The van der Waals surface area contributed by atoms with E-state index >= 15 is 0 Å². The maximum absolute atomic E-state index is 12.8. The zero-order chi connectivity index (χ0) is 47.2. The molecule has 65 heavy (non-hydrogen) atoms. The average Bonchev–Trinajstić information content (AvgIpc) is 3.30. The molecule has 6 nitrogen and oxygen atoms in total. The molecule has 1 atom stereocenters. The van der Waals surface area contributed by atoms with Crippen LogP contribution in [0.2, 0.25) is 0 Å². The molecule has 0 fully saturated rings. The highest BCUT2D eigenvalue weighted by Crippen LogP contribution is 2.14. The number of hydrogen-bond donors (Lipinski definition) is 0. The Morgan fingerprint density at radius 2 is 0.615 bits per heavy atom. The summed E-state index contributed by atoms with van der Waals surface area (Å²) in [6.45, 7) is 6.33. The van der Waals surface area contributed by atoms with E-state index in [0.29, 0.717) is 19.3 Å². The molecule has 6 heteroatoms. The Balaban J connectivity index is 4.45. The van der Waals surface area contributed by atoms with Gasteiger partial charge >= 0.3 is 17.9 Å². The first-order chi connectivity index (χ1) is 32.0. The van der Waals surface area contributed by atoms with E-state index in [1.165, 1.54) is 103 Å². The van der Waals surface area contributed by atoms with Crippen LogP contribution in [0.25, 0.3) is 0 Å². The van der Waals surface area contributed by atoms with Gasteiger partial charge in [-0.3, -0.25) is 14.4 Å². The topological polar surface area (TPSA) is 78.9 Å². The smallest absolute Gasteiger partial charge is 0.306 e. The highest BCUT2D eigenvalue weighted by molar-refractivity contribution is 5.71. The molecule has 0 N–H and O–H groups in total. The lowest BCUT2D eigenvalue weighted by Crippen LogP contribution is -2.30. The molecular formula is C59H98O6. The highest BCUT2D eigenvalue weighted by Gasteiger charge is 2.19. The second-order valence-electron chi connectivity index (χ2n) is 17.5. The lowest BCUT2D eigenvalue weighted by Gasteiger charge is -2.18. The van der Waals surface area contributed by atoms with E-state index in [9.17, 15) is 14.4 Å². The van der Waals surface area contributed by atoms with Crippen molar-refractivity contribution in [3.8, 4) is 0 Å². The number of carbonyl (C=O) groups is 3. The van der Waals surface area contributed by atoms with Gasteiger partial charge in [0.1, 0.15) is 13.2 Å². The molecule has 1 unspecified atom stereocenters. The van der Waals surface area contributed by atoms with Crippen molar-refractivity contribution in [2.45, 2.75) is 245 Å². The van der Waals surface area contributed by atoms with Gasteiger partial charge < -0.3 is 14.2 Å². The van der Waals surface area contributed by atoms with Crippen LogP contribution < -0.4 is 0 Å². The van der Waals surface area contributed by atoms with Crippen LogP contribution in [0.4, 0.5) is 0 Å². The number of esters is 3. The van der Waals surface area contributed by atoms with E-state index in [-0.39, 0.29) is 31.1 Å². The fraction of sp³-hybridized carbons (Fsp3) is 0.678. The average molecular weight is 903 g/mol. The molecule has 0 aromatic rings. The van der Waals surface area contributed by atoms with Crippen LogP contribution in [0, 0.1) is 0 Å². The van der Waals surface area contributed by atoms with Crippen molar-refractivity contribution in [3.05, 3.63) is 97.2 Å². The molecule has 0 saturated heterocycles. The molecule has 0 amide bonds. The lowest BCUT2D eigenvalue weighted by molar-refractivity contribution is -0.167. The van der Waals surface area contributed by atoms with Crippen molar-refractivity contribution in [2.75, 3.05) is 13.2 Å². The number of ether oxygens (including phenoxy) is 3. The number of rotatable bonds is 47. The standard InChI is InChI=1S/C59H98O6/c1-4-7-10-13-16-19-22-25-28-29-32-34-37-40-43-46-49-52-58(61)64-55-56(65-59(62)53-50-47-44-41-38-35-31-27-24-21-18-15-12-9-6-3)54-63-57(60)51-48-45-42-39-36-33-30-26-23-20-17-14-11-8-5-2/h8-9,11-12,14-15,17-18,20-21,23-25,27-28,31,56H,4-7,10,13,16,19,22,26,29-30,32-55H2,1-3H3/b11-8-,12-9-,17-14-,18-15-,23-20-,24-21-,28-25-,31-27-. The minimum atomic E-state index is -0.798. The summed E-state index contributed by atoms with van der Waals surface area (Å²) in [5, 5.41) is 0. The Morgan fingerprint density at radius 1 is 0.323 bits per heavy atom. The van der Waals surface area contributed by atoms with Crippen LogP contribution in [0.1, 0.15) is 239 Å². The third-order valence-corrected chi connectivity index (χ3v) is 11.2. The molecule has 0 rings (SSSR count). The zero-order valence-corrected chi connectivity index (χ0v) is 42.2. The molecule has 0 saturated carbocycles. The highest BCUT2D eigenvalue weighted by atomic mass is 16.6. The van der Waals surface area contributed by atoms with Crippen LogP contribution in [-0.2, 0) is 28.6 Å². The first kappa shape index (κ1) is 61.3. The number of carbonyl (C=O) groups excluding carboxylic acids is 3. The third kappa shape index (κ3) is 51.2. The maximum atomic E-state index is 12.8. The van der Waals surface area contributed by atoms with Gasteiger partial charge in [-0.15, -0.1) is 0 Å². The normalized spacial score (nSPS) is 12.8. The van der Waals surface area contributed by atoms with Crippen molar-refractivity contribution in [3.63, 3.8) is 0 Å². The number of unbranched alkanes of at least 4 members (excludes halogenated alkanes) is 25. The molecule has 0 aliphatic heterocycles. The fourth-order valence-corrected chi connectivity index (χ4v) is 7.21. The predicted molar refractivity (Wildman–Crippen MR) is 279 cm³/mol. The van der Waals surface area contributed by atoms with E-state index in [0.717, 1.165) is 96.3 Å². The molecule has 0 aliphatic carbocycles. The Labute approximate surface area is 400 Å². The van der Waals surface area contributed by atoms with Crippen LogP contribution in [0.3, 0.4) is 0 Å². The van der Waals surface area contributed by atoms with Gasteiger partial charge in [0.25, 0.3) is 0 Å². The Bertz CT molecular complexity index is 1310. The van der Waals surface area contributed by atoms with Crippen molar-refractivity contribution >= 4 is 17.9 Å². The van der Waals surface area contributed by atoms with Crippen LogP contribution >= 0.6 is 0 Å². The van der Waals surface area contributed by atoms with Crippen LogP contribution in [0.15, 0.2) is 97.2 Å². The molecule has 0 aliphatic rings. The first-order valence-corrected chi connectivity index (χ1v) is 26.8. The van der Waals surface area contributed by atoms with E-state index in [1.807, 2.05) is 18.2 Å². The number of allylic oxidation sites excluding steroid dienone is 16. The molecule has 0 radical (unpaired) electrons. The minimum Gasteiger partial charge on any atom is -0.462 e. The molecule has 0 bridgehead atoms. The molecule has 0 aromatic heterocycles. The van der Waals surface area contributed by atoms with Gasteiger partial charge in [-0.05, 0) is 83.5 Å². The largest absolute Gasteiger partial charge is 0.462 e. The summed E-state index contributed by atoms with van der Waals surface area (Å²) in [7, 11) is 0. The zero-order valence-electron chi connectivity index (χ0n) is 42.2.